The molecule has 1 saturated heterocycles. The third kappa shape index (κ3) is 3.00. The molecule has 0 spiro atoms. The highest BCUT2D eigenvalue weighted by Gasteiger charge is 2.18. The highest BCUT2D eigenvalue weighted by molar-refractivity contribution is 7.09. The second-order valence-electron chi connectivity index (χ2n) is 3.91. The van der Waals surface area contributed by atoms with Gasteiger partial charge in [-0.3, -0.25) is 0 Å². The number of ether oxygens (including phenoxy) is 1. The van der Waals surface area contributed by atoms with E-state index in [0.717, 1.165) is 37.5 Å². The van der Waals surface area contributed by atoms with E-state index in [1.165, 1.54) is 12.1 Å². The smallest absolute Gasteiger partial charge is 0.0929 e. The maximum Gasteiger partial charge on any atom is 0.0929 e. The Morgan fingerprint density at radius 3 is 3.27 bits per heavy atom. The molecule has 1 aliphatic heterocycles. The van der Waals surface area contributed by atoms with Crippen molar-refractivity contribution in [3.63, 3.8) is 0 Å². The molecular weight excluding hydrogens is 210 g/mol. The Morgan fingerprint density at radius 1 is 1.60 bits per heavy atom. The van der Waals surface area contributed by atoms with Crippen LogP contribution in [0.5, 0.6) is 0 Å². The molecule has 0 radical (unpaired) electrons. The van der Waals surface area contributed by atoms with Gasteiger partial charge in [0.2, 0.25) is 0 Å². The average molecular weight is 227 g/mol. The van der Waals surface area contributed by atoms with Gasteiger partial charge in [-0.15, -0.1) is 11.3 Å². The standard InChI is InChI=1S/C11H17NO2S/c13-5-1-4-11-12-10(8-15-11)9-3-2-6-14-7-9/h8-9,13H,1-7H2. The molecule has 1 aromatic rings. The van der Waals surface area contributed by atoms with E-state index in [4.69, 9.17) is 9.84 Å². The van der Waals surface area contributed by atoms with Gasteiger partial charge in [0.1, 0.15) is 0 Å². The minimum absolute atomic E-state index is 0.251. The zero-order chi connectivity index (χ0) is 10.5. The SMILES string of the molecule is OCCCc1nc(C2CCCOC2)cs1. The maximum absolute atomic E-state index is 8.74. The lowest BCUT2D eigenvalue weighted by Gasteiger charge is -2.20. The number of hydrogen-bond donors (Lipinski definition) is 1. The molecule has 15 heavy (non-hydrogen) atoms. The van der Waals surface area contributed by atoms with Crippen LogP contribution in [0.4, 0.5) is 0 Å². The number of aryl methyl sites for hydroxylation is 1. The Bertz CT molecular complexity index is 295. The third-order valence-electron chi connectivity index (χ3n) is 2.70. The van der Waals surface area contributed by atoms with Crippen LogP contribution < -0.4 is 0 Å². The molecule has 0 aromatic carbocycles. The van der Waals surface area contributed by atoms with Crippen molar-refractivity contribution in [1.82, 2.24) is 4.98 Å². The molecule has 1 atom stereocenters. The molecule has 0 bridgehead atoms. The van der Waals surface area contributed by atoms with E-state index in [2.05, 4.69) is 10.4 Å². The van der Waals surface area contributed by atoms with Crippen molar-refractivity contribution in [2.24, 2.45) is 0 Å². The summed E-state index contributed by atoms with van der Waals surface area (Å²) in [7, 11) is 0. The van der Waals surface area contributed by atoms with Crippen LogP contribution in [0.2, 0.25) is 0 Å². The number of aliphatic hydroxyl groups is 1. The summed E-state index contributed by atoms with van der Waals surface area (Å²) in [5.41, 5.74) is 1.19. The molecule has 1 unspecified atom stereocenters. The summed E-state index contributed by atoms with van der Waals surface area (Å²) >= 11 is 1.71. The highest BCUT2D eigenvalue weighted by atomic mass is 32.1. The Kier molecular flexibility index (Phi) is 4.11. The fourth-order valence-corrected chi connectivity index (χ4v) is 2.75. The van der Waals surface area contributed by atoms with Crippen LogP contribution in [-0.2, 0) is 11.2 Å². The summed E-state index contributed by atoms with van der Waals surface area (Å²) < 4.78 is 5.45. The van der Waals surface area contributed by atoms with Crippen molar-refractivity contribution in [1.29, 1.82) is 0 Å². The zero-order valence-electron chi connectivity index (χ0n) is 8.82. The van der Waals surface area contributed by atoms with E-state index in [0.29, 0.717) is 5.92 Å². The molecule has 0 amide bonds. The van der Waals surface area contributed by atoms with E-state index >= 15 is 0 Å². The van der Waals surface area contributed by atoms with Crippen LogP contribution in [0, 0.1) is 0 Å². The topological polar surface area (TPSA) is 42.4 Å². The number of aromatic nitrogens is 1. The molecule has 4 heteroatoms. The van der Waals surface area contributed by atoms with Crippen LogP contribution in [0.15, 0.2) is 5.38 Å². The zero-order valence-corrected chi connectivity index (χ0v) is 9.63. The Labute approximate surface area is 94.1 Å². The molecule has 1 aromatic heterocycles. The molecule has 84 valence electrons. The first kappa shape index (κ1) is 11.0. The third-order valence-corrected chi connectivity index (χ3v) is 3.62. The summed E-state index contributed by atoms with van der Waals surface area (Å²) in [4.78, 5) is 4.60. The van der Waals surface area contributed by atoms with Crippen LogP contribution in [0.1, 0.15) is 35.9 Å². The quantitative estimate of drug-likeness (QED) is 0.855. The molecule has 2 heterocycles. The van der Waals surface area contributed by atoms with Gasteiger partial charge >= 0.3 is 0 Å². The summed E-state index contributed by atoms with van der Waals surface area (Å²) in [6, 6.07) is 0. The fourth-order valence-electron chi connectivity index (χ4n) is 1.83. The second kappa shape index (κ2) is 5.58. The first-order valence-corrected chi connectivity index (χ1v) is 6.41. The predicted octanol–water partition coefficient (Wildman–Crippen LogP) is 1.96. The highest BCUT2D eigenvalue weighted by Crippen LogP contribution is 2.26. The minimum atomic E-state index is 0.251. The van der Waals surface area contributed by atoms with Crippen molar-refractivity contribution in [2.45, 2.75) is 31.6 Å². The lowest BCUT2D eigenvalue weighted by Crippen LogP contribution is -2.15. The number of nitrogens with zero attached hydrogens (tertiary/aromatic N) is 1. The van der Waals surface area contributed by atoms with Gasteiger partial charge in [-0.1, -0.05) is 0 Å². The maximum atomic E-state index is 8.74. The van der Waals surface area contributed by atoms with Gasteiger partial charge in [0, 0.05) is 30.9 Å². The predicted molar refractivity (Wildman–Crippen MR) is 60.3 cm³/mol. The van der Waals surface area contributed by atoms with Crippen molar-refractivity contribution >= 4 is 11.3 Å². The molecule has 2 rings (SSSR count). The Hall–Kier alpha value is -0.450. The van der Waals surface area contributed by atoms with Gasteiger partial charge in [-0.05, 0) is 19.3 Å². The average Bonchev–Trinajstić information content (AvgIpc) is 2.76. The number of aliphatic hydroxyl groups excluding tert-OH is 1. The van der Waals surface area contributed by atoms with Crippen molar-refractivity contribution in [2.75, 3.05) is 19.8 Å². The first-order chi connectivity index (χ1) is 7.40. The van der Waals surface area contributed by atoms with Crippen molar-refractivity contribution in [3.8, 4) is 0 Å². The van der Waals surface area contributed by atoms with Gasteiger partial charge in [0.15, 0.2) is 0 Å². The van der Waals surface area contributed by atoms with Crippen LogP contribution in [-0.4, -0.2) is 29.9 Å². The van der Waals surface area contributed by atoms with E-state index < -0.39 is 0 Å². The molecule has 1 N–H and O–H groups in total. The summed E-state index contributed by atoms with van der Waals surface area (Å²) in [5.74, 6) is 0.498. The van der Waals surface area contributed by atoms with Gasteiger partial charge in [0.25, 0.3) is 0 Å². The molecule has 0 aliphatic carbocycles. The normalized spacial score (nSPS) is 21.8. The number of hydrogen-bond acceptors (Lipinski definition) is 4. The second-order valence-corrected chi connectivity index (χ2v) is 4.85. The first-order valence-electron chi connectivity index (χ1n) is 5.53. The van der Waals surface area contributed by atoms with Crippen molar-refractivity contribution < 1.29 is 9.84 Å². The van der Waals surface area contributed by atoms with Gasteiger partial charge in [-0.25, -0.2) is 4.98 Å². The van der Waals surface area contributed by atoms with E-state index in [-0.39, 0.29) is 6.61 Å². The molecule has 0 saturated carbocycles. The van der Waals surface area contributed by atoms with Gasteiger partial charge in [-0.2, -0.15) is 0 Å². The molecule has 1 aliphatic rings. The van der Waals surface area contributed by atoms with E-state index in [9.17, 15) is 0 Å². The largest absolute Gasteiger partial charge is 0.396 e. The lowest BCUT2D eigenvalue weighted by atomic mass is 10.00. The van der Waals surface area contributed by atoms with Crippen molar-refractivity contribution in [3.05, 3.63) is 16.1 Å². The van der Waals surface area contributed by atoms with E-state index in [1.54, 1.807) is 11.3 Å². The molecule has 1 fully saturated rings. The number of rotatable bonds is 4. The van der Waals surface area contributed by atoms with Gasteiger partial charge < -0.3 is 9.84 Å². The van der Waals surface area contributed by atoms with Crippen LogP contribution in [0.3, 0.4) is 0 Å². The summed E-state index contributed by atoms with van der Waals surface area (Å²) in [5, 5.41) is 12.0. The fraction of sp³-hybridized carbons (Fsp3) is 0.727. The minimum Gasteiger partial charge on any atom is -0.396 e. The van der Waals surface area contributed by atoms with Crippen LogP contribution in [0.25, 0.3) is 0 Å². The lowest BCUT2D eigenvalue weighted by molar-refractivity contribution is 0.0794. The monoisotopic (exact) mass is 227 g/mol. The summed E-state index contributed by atoms with van der Waals surface area (Å²) in [6.45, 7) is 1.97. The Balaban J connectivity index is 1.93. The van der Waals surface area contributed by atoms with E-state index in [1.807, 2.05) is 0 Å². The van der Waals surface area contributed by atoms with Gasteiger partial charge in [0.05, 0.1) is 17.3 Å². The van der Waals surface area contributed by atoms with Crippen LogP contribution >= 0.6 is 11.3 Å². The Morgan fingerprint density at radius 2 is 2.53 bits per heavy atom. The number of thiazole rings is 1. The molecule has 3 nitrogen and oxygen atoms in total. The molecular formula is C11H17NO2S. The summed E-state index contributed by atoms with van der Waals surface area (Å²) in [6.07, 6.45) is 4.06.